The Balaban J connectivity index is 0.00000261. The number of hydrogen-bond acceptors (Lipinski definition) is 7. The van der Waals surface area contributed by atoms with Gasteiger partial charge in [0.25, 0.3) is 0 Å². The normalized spacial score (nSPS) is 17.8. The van der Waals surface area contributed by atoms with Gasteiger partial charge in [-0.2, -0.15) is 0 Å². The van der Waals surface area contributed by atoms with Crippen LogP contribution >= 0.6 is 37.2 Å². The fourth-order valence-corrected chi connectivity index (χ4v) is 3.88. The zero-order chi connectivity index (χ0) is 18.4. The van der Waals surface area contributed by atoms with E-state index in [0.29, 0.717) is 24.3 Å². The van der Waals surface area contributed by atoms with Crippen molar-refractivity contribution in [1.82, 2.24) is 19.8 Å². The average molecular weight is 471 g/mol. The van der Waals surface area contributed by atoms with Crippen molar-refractivity contribution in [3.05, 3.63) is 11.9 Å². The van der Waals surface area contributed by atoms with Crippen LogP contribution in [0.1, 0.15) is 49.8 Å². The first-order valence-corrected chi connectivity index (χ1v) is 9.37. The number of isocyanates is 1. The lowest BCUT2D eigenvalue weighted by molar-refractivity contribution is -0.141. The summed E-state index contributed by atoms with van der Waals surface area (Å²) in [5.41, 5.74) is 1.02. The maximum Gasteiger partial charge on any atom is 0.306 e. The Morgan fingerprint density at radius 3 is 2.48 bits per heavy atom. The van der Waals surface area contributed by atoms with Crippen LogP contribution in [0.25, 0.3) is 0 Å². The monoisotopic (exact) mass is 469 g/mol. The molecule has 1 aromatic heterocycles. The van der Waals surface area contributed by atoms with Gasteiger partial charge in [-0.05, 0) is 51.9 Å². The Hall–Kier alpha value is -1.15. The molecule has 2 saturated heterocycles. The van der Waals surface area contributed by atoms with Crippen LogP contribution in [0, 0.1) is 0 Å². The number of carbonyl (C=O) groups is 1. The number of methoxy groups -OCH3 is 1. The van der Waals surface area contributed by atoms with E-state index in [2.05, 4.69) is 31.0 Å². The number of nitrogens with one attached hydrogen (secondary N) is 1. The van der Waals surface area contributed by atoms with Crippen LogP contribution < -0.4 is 5.32 Å². The van der Waals surface area contributed by atoms with Crippen molar-refractivity contribution in [2.24, 2.45) is 4.99 Å². The average Bonchev–Trinajstić information content (AvgIpc) is 3.11. The van der Waals surface area contributed by atoms with E-state index in [1.165, 1.54) is 7.11 Å². The highest BCUT2D eigenvalue weighted by Gasteiger charge is 2.26. The zero-order valence-corrected chi connectivity index (χ0v) is 19.0. The van der Waals surface area contributed by atoms with Gasteiger partial charge >= 0.3 is 5.97 Å². The molecular formula is C18H30Cl3N5O3. The van der Waals surface area contributed by atoms with Crippen LogP contribution in [0.15, 0.2) is 11.2 Å². The van der Waals surface area contributed by atoms with Gasteiger partial charge < -0.3 is 19.5 Å². The van der Waals surface area contributed by atoms with Gasteiger partial charge in [0.1, 0.15) is 0 Å². The van der Waals surface area contributed by atoms with Gasteiger partial charge in [-0.25, -0.2) is 9.78 Å². The van der Waals surface area contributed by atoms with E-state index in [4.69, 9.17) is 4.74 Å². The Labute approximate surface area is 190 Å². The summed E-state index contributed by atoms with van der Waals surface area (Å²) in [5, 5.41) is 3.35. The third-order valence-electron chi connectivity index (χ3n) is 5.44. The summed E-state index contributed by atoms with van der Waals surface area (Å²) in [7, 11) is 1.42. The molecule has 0 spiro atoms. The van der Waals surface area contributed by atoms with E-state index in [1.807, 2.05) is 0 Å². The predicted octanol–water partition coefficient (Wildman–Crippen LogP) is 2.78. The fourth-order valence-electron chi connectivity index (χ4n) is 3.88. The number of hydrogen-bond donors (Lipinski definition) is 1. The molecule has 0 aliphatic carbocycles. The maximum absolute atomic E-state index is 11.3. The quantitative estimate of drug-likeness (QED) is 0.391. The molecule has 29 heavy (non-hydrogen) atoms. The summed E-state index contributed by atoms with van der Waals surface area (Å²) >= 11 is 0. The van der Waals surface area contributed by atoms with E-state index in [-0.39, 0.29) is 43.2 Å². The molecule has 0 atom stereocenters. The van der Waals surface area contributed by atoms with Gasteiger partial charge in [-0.3, -0.25) is 4.79 Å². The van der Waals surface area contributed by atoms with E-state index in [1.54, 1.807) is 6.08 Å². The van der Waals surface area contributed by atoms with Gasteiger partial charge in [0.2, 0.25) is 12.0 Å². The Bertz CT molecular complexity index is 668. The van der Waals surface area contributed by atoms with Crippen LogP contribution in [0.3, 0.4) is 0 Å². The van der Waals surface area contributed by atoms with E-state index in [9.17, 15) is 9.59 Å². The third kappa shape index (κ3) is 7.55. The molecule has 3 rings (SSSR count). The fraction of sp³-hybridized carbons (Fsp3) is 0.722. The number of ether oxygens (including phenoxy) is 1. The standard InChI is InChI=1S/C18H27N5O3.3ClH/c1-26-17(25)6-11-22-9-4-14(5-10-22)16-12-23(18(21-16)20-13-24)15-2-7-19-8-3-15;;;/h12,14-15,19H,2-11H2,1H3;3*1H. The highest BCUT2D eigenvalue weighted by atomic mass is 35.5. The summed E-state index contributed by atoms with van der Waals surface area (Å²) in [6.45, 7) is 4.56. The van der Waals surface area contributed by atoms with Gasteiger partial charge in [0.05, 0.1) is 19.2 Å². The van der Waals surface area contributed by atoms with E-state index in [0.717, 1.165) is 64.1 Å². The van der Waals surface area contributed by atoms with Crippen molar-refractivity contribution < 1.29 is 14.3 Å². The lowest BCUT2D eigenvalue weighted by Crippen LogP contribution is -2.34. The molecule has 2 aliphatic rings. The summed E-state index contributed by atoms with van der Waals surface area (Å²) < 4.78 is 6.76. The van der Waals surface area contributed by atoms with Gasteiger partial charge in [0.15, 0.2) is 0 Å². The van der Waals surface area contributed by atoms with Crippen LogP contribution in [0.4, 0.5) is 5.95 Å². The minimum absolute atomic E-state index is 0. The van der Waals surface area contributed by atoms with Crippen molar-refractivity contribution in [3.8, 4) is 0 Å². The van der Waals surface area contributed by atoms with Crippen molar-refractivity contribution in [1.29, 1.82) is 0 Å². The molecule has 0 unspecified atom stereocenters. The van der Waals surface area contributed by atoms with Gasteiger partial charge in [-0.15, -0.1) is 42.2 Å². The molecular weight excluding hydrogens is 441 g/mol. The zero-order valence-electron chi connectivity index (χ0n) is 16.5. The van der Waals surface area contributed by atoms with Crippen LogP contribution in [0.5, 0.6) is 0 Å². The molecule has 0 bridgehead atoms. The number of piperidine rings is 2. The van der Waals surface area contributed by atoms with E-state index < -0.39 is 0 Å². The molecule has 1 aromatic rings. The van der Waals surface area contributed by atoms with Crippen LogP contribution in [-0.4, -0.2) is 66.3 Å². The predicted molar refractivity (Wildman–Crippen MR) is 118 cm³/mol. The first kappa shape index (κ1) is 27.8. The van der Waals surface area contributed by atoms with Crippen molar-refractivity contribution in [3.63, 3.8) is 0 Å². The molecule has 8 nitrogen and oxygen atoms in total. The Morgan fingerprint density at radius 1 is 1.24 bits per heavy atom. The molecule has 1 N–H and O–H groups in total. The molecule has 3 heterocycles. The number of esters is 1. The lowest BCUT2D eigenvalue weighted by Gasteiger charge is -2.30. The van der Waals surface area contributed by atoms with Crippen molar-refractivity contribution in [2.45, 2.75) is 44.1 Å². The number of imidazole rings is 1. The molecule has 166 valence electrons. The number of halogens is 3. The number of rotatable bonds is 6. The molecule has 11 heteroatoms. The van der Waals surface area contributed by atoms with Crippen molar-refractivity contribution in [2.75, 3.05) is 39.8 Å². The van der Waals surface area contributed by atoms with Crippen LogP contribution in [-0.2, 0) is 14.3 Å². The highest BCUT2D eigenvalue weighted by Crippen LogP contribution is 2.32. The molecule has 0 amide bonds. The number of nitrogens with zero attached hydrogens (tertiary/aromatic N) is 4. The SMILES string of the molecule is COC(=O)CCN1CCC(c2cn(C3CCNCC3)c(N=C=O)n2)CC1.Cl.Cl.Cl. The first-order chi connectivity index (χ1) is 12.7. The second-order valence-corrected chi connectivity index (χ2v) is 7.00. The number of carbonyl (C=O) groups excluding carboxylic acids is 2. The highest BCUT2D eigenvalue weighted by molar-refractivity contribution is 5.86. The molecule has 0 saturated carbocycles. The topological polar surface area (TPSA) is 88.8 Å². The third-order valence-corrected chi connectivity index (χ3v) is 5.44. The second-order valence-electron chi connectivity index (χ2n) is 7.00. The summed E-state index contributed by atoms with van der Waals surface area (Å²) in [5.74, 6) is 0.687. The summed E-state index contributed by atoms with van der Waals surface area (Å²) in [6, 6.07) is 0.338. The smallest absolute Gasteiger partial charge is 0.306 e. The van der Waals surface area contributed by atoms with Crippen molar-refractivity contribution >= 4 is 55.2 Å². The lowest BCUT2D eigenvalue weighted by atomic mass is 9.94. The minimum Gasteiger partial charge on any atom is -0.469 e. The van der Waals surface area contributed by atoms with Crippen LogP contribution in [0.2, 0.25) is 0 Å². The molecule has 2 aliphatic heterocycles. The van der Waals surface area contributed by atoms with Gasteiger partial charge in [0, 0.05) is 24.7 Å². The Kier molecular flexibility index (Phi) is 13.4. The Morgan fingerprint density at radius 2 is 1.90 bits per heavy atom. The second kappa shape index (κ2) is 14.0. The first-order valence-electron chi connectivity index (χ1n) is 9.37. The van der Waals surface area contributed by atoms with Gasteiger partial charge in [-0.1, -0.05) is 0 Å². The molecule has 0 radical (unpaired) electrons. The van der Waals surface area contributed by atoms with E-state index >= 15 is 0 Å². The summed E-state index contributed by atoms with van der Waals surface area (Å²) in [6.07, 6.45) is 8.19. The molecule has 2 fully saturated rings. The summed E-state index contributed by atoms with van der Waals surface area (Å²) in [4.78, 5) is 32.8. The molecule has 0 aromatic carbocycles. The maximum atomic E-state index is 11.3. The number of aromatic nitrogens is 2. The number of aliphatic imine (C=N–C) groups is 1. The number of likely N-dealkylation sites (tertiary alicyclic amines) is 1. The minimum atomic E-state index is -0.163. The largest absolute Gasteiger partial charge is 0.469 e.